The van der Waals surface area contributed by atoms with Gasteiger partial charge in [0, 0.05) is 18.1 Å². The van der Waals surface area contributed by atoms with Crippen molar-refractivity contribution in [3.8, 4) is 0 Å². The van der Waals surface area contributed by atoms with Gasteiger partial charge in [-0.2, -0.15) is 0 Å². The molecule has 0 radical (unpaired) electrons. The fourth-order valence-corrected chi connectivity index (χ4v) is 2.51. The number of aliphatic hydroxyl groups excluding tert-OH is 1. The van der Waals surface area contributed by atoms with Crippen LogP contribution in [0.15, 0.2) is 48.5 Å². The highest BCUT2D eigenvalue weighted by Crippen LogP contribution is 2.20. The smallest absolute Gasteiger partial charge is 0.0916 e. The van der Waals surface area contributed by atoms with Gasteiger partial charge in [-0.05, 0) is 36.7 Å². The van der Waals surface area contributed by atoms with E-state index in [-0.39, 0.29) is 0 Å². The van der Waals surface area contributed by atoms with E-state index in [4.69, 9.17) is 11.6 Å². The highest BCUT2D eigenvalue weighted by atomic mass is 35.5. The second-order valence-corrected chi connectivity index (χ2v) is 5.63. The van der Waals surface area contributed by atoms with Crippen molar-refractivity contribution in [2.45, 2.75) is 19.6 Å². The number of aliphatic hydroxyl groups is 1. The molecule has 1 N–H and O–H groups in total. The van der Waals surface area contributed by atoms with E-state index in [0.29, 0.717) is 6.54 Å². The molecule has 0 spiro atoms. The molecule has 0 aliphatic heterocycles. The van der Waals surface area contributed by atoms with Crippen LogP contribution in [0.2, 0.25) is 5.02 Å². The second kappa shape index (κ2) is 6.89. The summed E-state index contributed by atoms with van der Waals surface area (Å²) in [5.74, 6) is 0. The van der Waals surface area contributed by atoms with Gasteiger partial charge >= 0.3 is 0 Å². The summed E-state index contributed by atoms with van der Waals surface area (Å²) in [6.07, 6.45) is -0.481. The summed E-state index contributed by atoms with van der Waals surface area (Å²) in [4.78, 5) is 2.08. The molecule has 2 rings (SSSR count). The SMILES string of the molecule is Cc1ccc(CN(C)CC(O)c2ccccc2)c(Cl)c1. The lowest BCUT2D eigenvalue weighted by Crippen LogP contribution is -2.24. The molecule has 20 heavy (non-hydrogen) atoms. The van der Waals surface area contributed by atoms with Gasteiger partial charge in [-0.1, -0.05) is 54.1 Å². The van der Waals surface area contributed by atoms with Gasteiger partial charge in [0.05, 0.1) is 6.10 Å². The predicted molar refractivity (Wildman–Crippen MR) is 83.9 cm³/mol. The van der Waals surface area contributed by atoms with Crippen LogP contribution in [-0.2, 0) is 6.54 Å². The number of likely N-dealkylation sites (N-methyl/N-ethyl adjacent to an activating group) is 1. The summed E-state index contributed by atoms with van der Waals surface area (Å²) in [7, 11) is 1.99. The van der Waals surface area contributed by atoms with Gasteiger partial charge in [-0.25, -0.2) is 0 Å². The van der Waals surface area contributed by atoms with Crippen molar-refractivity contribution in [3.63, 3.8) is 0 Å². The summed E-state index contributed by atoms with van der Waals surface area (Å²) in [6, 6.07) is 15.8. The van der Waals surface area contributed by atoms with Crippen LogP contribution in [0, 0.1) is 6.92 Å². The predicted octanol–water partition coefficient (Wildman–Crippen LogP) is 3.81. The van der Waals surface area contributed by atoms with Crippen molar-refractivity contribution in [2.24, 2.45) is 0 Å². The first-order valence-electron chi connectivity index (χ1n) is 6.73. The van der Waals surface area contributed by atoms with E-state index < -0.39 is 6.10 Å². The van der Waals surface area contributed by atoms with Gasteiger partial charge in [-0.3, -0.25) is 4.90 Å². The number of halogens is 1. The number of benzene rings is 2. The largest absolute Gasteiger partial charge is 0.387 e. The standard InChI is InChI=1S/C17H20ClNO/c1-13-8-9-15(16(18)10-13)11-19(2)12-17(20)14-6-4-3-5-7-14/h3-10,17,20H,11-12H2,1-2H3. The second-order valence-electron chi connectivity index (χ2n) is 5.22. The summed E-state index contributed by atoms with van der Waals surface area (Å²) >= 11 is 6.24. The molecule has 0 bridgehead atoms. The van der Waals surface area contributed by atoms with Crippen LogP contribution in [-0.4, -0.2) is 23.6 Å². The van der Waals surface area contributed by atoms with Crippen LogP contribution < -0.4 is 0 Å². The van der Waals surface area contributed by atoms with Crippen molar-refractivity contribution in [3.05, 3.63) is 70.2 Å². The van der Waals surface area contributed by atoms with E-state index in [2.05, 4.69) is 11.0 Å². The van der Waals surface area contributed by atoms with Crippen molar-refractivity contribution in [2.75, 3.05) is 13.6 Å². The molecule has 106 valence electrons. The third kappa shape index (κ3) is 4.07. The molecule has 0 amide bonds. The Hall–Kier alpha value is -1.35. The number of nitrogens with zero attached hydrogens (tertiary/aromatic N) is 1. The van der Waals surface area contributed by atoms with Crippen LogP contribution >= 0.6 is 11.6 Å². The first-order valence-corrected chi connectivity index (χ1v) is 7.10. The summed E-state index contributed by atoms with van der Waals surface area (Å²) in [5, 5.41) is 11.0. The Morgan fingerprint density at radius 2 is 1.85 bits per heavy atom. The molecule has 3 heteroatoms. The Balaban J connectivity index is 1.97. The van der Waals surface area contributed by atoms with E-state index in [1.54, 1.807) is 0 Å². The van der Waals surface area contributed by atoms with Gasteiger partial charge in [0.25, 0.3) is 0 Å². The number of rotatable bonds is 5. The molecule has 2 aromatic carbocycles. The molecule has 0 aliphatic carbocycles. The highest BCUT2D eigenvalue weighted by Gasteiger charge is 2.11. The Labute approximate surface area is 125 Å². The molecular weight excluding hydrogens is 270 g/mol. The van der Waals surface area contributed by atoms with E-state index in [1.165, 1.54) is 0 Å². The van der Waals surface area contributed by atoms with Crippen LogP contribution in [0.1, 0.15) is 22.8 Å². The lowest BCUT2D eigenvalue weighted by Gasteiger charge is -2.21. The molecular formula is C17H20ClNO. The third-order valence-corrected chi connectivity index (χ3v) is 3.67. The quantitative estimate of drug-likeness (QED) is 0.905. The number of hydrogen-bond donors (Lipinski definition) is 1. The van der Waals surface area contributed by atoms with E-state index >= 15 is 0 Å². The summed E-state index contributed by atoms with van der Waals surface area (Å²) < 4.78 is 0. The van der Waals surface area contributed by atoms with E-state index in [1.807, 2.05) is 56.4 Å². The van der Waals surface area contributed by atoms with E-state index in [9.17, 15) is 5.11 Å². The average molecular weight is 290 g/mol. The fourth-order valence-electron chi connectivity index (χ4n) is 2.21. The topological polar surface area (TPSA) is 23.5 Å². The first-order chi connectivity index (χ1) is 9.56. The molecule has 1 unspecified atom stereocenters. The van der Waals surface area contributed by atoms with Crippen LogP contribution in [0.5, 0.6) is 0 Å². The van der Waals surface area contributed by atoms with Crippen molar-refractivity contribution in [1.82, 2.24) is 4.90 Å². The van der Waals surface area contributed by atoms with Crippen LogP contribution in [0.3, 0.4) is 0 Å². The molecule has 0 heterocycles. The van der Waals surface area contributed by atoms with Gasteiger partial charge in [-0.15, -0.1) is 0 Å². The minimum absolute atomic E-state index is 0.481. The lowest BCUT2D eigenvalue weighted by atomic mass is 10.1. The minimum atomic E-state index is -0.481. The maximum atomic E-state index is 10.2. The lowest BCUT2D eigenvalue weighted by molar-refractivity contribution is 0.124. The maximum Gasteiger partial charge on any atom is 0.0916 e. The van der Waals surface area contributed by atoms with Crippen LogP contribution in [0.25, 0.3) is 0 Å². The number of hydrogen-bond acceptors (Lipinski definition) is 2. The Morgan fingerprint density at radius 3 is 2.50 bits per heavy atom. The van der Waals surface area contributed by atoms with E-state index in [0.717, 1.165) is 28.3 Å². The molecule has 0 fully saturated rings. The average Bonchev–Trinajstić information content (AvgIpc) is 2.43. The molecule has 0 saturated heterocycles. The van der Waals surface area contributed by atoms with Gasteiger partial charge in [0.15, 0.2) is 0 Å². The van der Waals surface area contributed by atoms with Gasteiger partial charge in [0.2, 0.25) is 0 Å². The molecule has 1 atom stereocenters. The fraction of sp³-hybridized carbons (Fsp3) is 0.294. The van der Waals surface area contributed by atoms with Gasteiger partial charge < -0.3 is 5.11 Å². The third-order valence-electron chi connectivity index (χ3n) is 3.32. The molecule has 0 saturated carbocycles. The summed E-state index contributed by atoms with van der Waals surface area (Å²) in [6.45, 7) is 3.33. The normalized spacial score (nSPS) is 12.7. The maximum absolute atomic E-state index is 10.2. The zero-order valence-corrected chi connectivity index (χ0v) is 12.6. The zero-order chi connectivity index (χ0) is 14.5. The van der Waals surface area contributed by atoms with Crippen LogP contribution in [0.4, 0.5) is 0 Å². The molecule has 2 nitrogen and oxygen atoms in total. The Kier molecular flexibility index (Phi) is 5.18. The molecule has 0 aromatic heterocycles. The Bertz CT molecular complexity index is 556. The minimum Gasteiger partial charge on any atom is -0.387 e. The monoisotopic (exact) mass is 289 g/mol. The number of aryl methyl sites for hydroxylation is 1. The molecule has 0 aliphatic rings. The van der Waals surface area contributed by atoms with Crippen molar-refractivity contribution < 1.29 is 5.11 Å². The highest BCUT2D eigenvalue weighted by molar-refractivity contribution is 6.31. The van der Waals surface area contributed by atoms with Gasteiger partial charge in [0.1, 0.15) is 0 Å². The zero-order valence-electron chi connectivity index (χ0n) is 11.9. The van der Waals surface area contributed by atoms with Crippen molar-refractivity contribution in [1.29, 1.82) is 0 Å². The van der Waals surface area contributed by atoms with Crippen molar-refractivity contribution >= 4 is 11.6 Å². The Morgan fingerprint density at radius 1 is 1.15 bits per heavy atom. The summed E-state index contributed by atoms with van der Waals surface area (Å²) in [5.41, 5.74) is 3.18. The molecule has 2 aromatic rings. The first kappa shape index (κ1) is 15.0.